The predicted molar refractivity (Wildman–Crippen MR) is 159 cm³/mol. The zero-order valence-corrected chi connectivity index (χ0v) is 24.5. The van der Waals surface area contributed by atoms with Crippen LogP contribution in [0.5, 0.6) is 5.75 Å². The van der Waals surface area contributed by atoms with Gasteiger partial charge < -0.3 is 9.64 Å². The molecule has 1 heterocycles. The summed E-state index contributed by atoms with van der Waals surface area (Å²) in [7, 11) is 0. The lowest BCUT2D eigenvalue weighted by Crippen LogP contribution is -2.27. The second kappa shape index (κ2) is 12.7. The minimum atomic E-state index is -0.421. The first kappa shape index (κ1) is 28.7. The maximum Gasteiger partial charge on any atom is 0.293 e. The number of carbonyl (C=O) groups excluding carboxylic acids is 2. The fourth-order valence-electron chi connectivity index (χ4n) is 3.97. The molecular formula is C28H24Cl4N2O3S. The van der Waals surface area contributed by atoms with E-state index in [2.05, 4.69) is 18.7 Å². The number of thioether (sulfide) groups is 1. The Labute approximate surface area is 246 Å². The summed E-state index contributed by atoms with van der Waals surface area (Å²) in [6.07, 6.45) is 1.67. The van der Waals surface area contributed by atoms with Crippen LogP contribution in [-0.4, -0.2) is 29.1 Å². The van der Waals surface area contributed by atoms with Crippen LogP contribution in [0.3, 0.4) is 0 Å². The van der Waals surface area contributed by atoms with Crippen molar-refractivity contribution >= 4 is 81.1 Å². The van der Waals surface area contributed by atoms with E-state index in [1.165, 1.54) is 0 Å². The topological polar surface area (TPSA) is 49.9 Å². The average molecular weight is 610 g/mol. The van der Waals surface area contributed by atoms with Gasteiger partial charge in [0.2, 0.25) is 0 Å². The van der Waals surface area contributed by atoms with E-state index in [0.717, 1.165) is 41.0 Å². The number of hydrogen-bond donors (Lipinski definition) is 0. The summed E-state index contributed by atoms with van der Waals surface area (Å²) in [6.45, 7) is 5.98. The SMILES string of the molecule is CCN(CC)c1ccc(/C=C2/SC(=O)N(Cc3c(Cl)cccc3Cl)C2=O)c(OCc2ccc(Cl)cc2Cl)c1. The van der Waals surface area contributed by atoms with Crippen LogP contribution in [-0.2, 0) is 17.9 Å². The third kappa shape index (κ3) is 6.44. The number of anilines is 1. The monoisotopic (exact) mass is 608 g/mol. The first-order chi connectivity index (χ1) is 18.2. The van der Waals surface area contributed by atoms with E-state index in [9.17, 15) is 9.59 Å². The molecule has 2 amide bonds. The smallest absolute Gasteiger partial charge is 0.293 e. The summed E-state index contributed by atoms with van der Waals surface area (Å²) in [6, 6.07) is 16.1. The van der Waals surface area contributed by atoms with Crippen molar-refractivity contribution in [2.75, 3.05) is 18.0 Å². The minimum Gasteiger partial charge on any atom is -0.488 e. The molecule has 10 heteroatoms. The fraction of sp³-hybridized carbons (Fsp3) is 0.214. The van der Waals surface area contributed by atoms with Crippen molar-refractivity contribution in [1.29, 1.82) is 0 Å². The lowest BCUT2D eigenvalue weighted by molar-refractivity contribution is -0.123. The van der Waals surface area contributed by atoms with Crippen molar-refractivity contribution in [2.45, 2.75) is 27.0 Å². The number of carbonyl (C=O) groups is 2. The summed E-state index contributed by atoms with van der Waals surface area (Å²) in [5, 5.41) is 1.43. The van der Waals surface area contributed by atoms with Gasteiger partial charge in [0.05, 0.1) is 11.4 Å². The number of imide groups is 1. The first-order valence-corrected chi connectivity index (χ1v) is 14.2. The van der Waals surface area contributed by atoms with E-state index in [4.69, 9.17) is 51.1 Å². The van der Waals surface area contributed by atoms with Gasteiger partial charge in [-0.05, 0) is 68.1 Å². The van der Waals surface area contributed by atoms with Crippen molar-refractivity contribution in [2.24, 2.45) is 0 Å². The molecule has 3 aromatic rings. The van der Waals surface area contributed by atoms with Crippen molar-refractivity contribution in [1.82, 2.24) is 4.90 Å². The standard InChI is InChI=1S/C28H24Cl4N2O3S/c1-3-33(4-2)20-11-9-17(25(14-20)37-16-18-8-10-19(29)13-24(18)32)12-26-27(35)34(28(36)38-26)15-21-22(30)6-5-7-23(21)31/h5-14H,3-4,15-16H2,1-2H3/b26-12+. The molecule has 5 nitrogen and oxygen atoms in total. The molecule has 0 bridgehead atoms. The van der Waals surface area contributed by atoms with Crippen molar-refractivity contribution in [3.05, 3.63) is 96.3 Å². The summed E-state index contributed by atoms with van der Waals surface area (Å²) in [5.74, 6) is 0.136. The number of benzene rings is 3. The number of hydrogen-bond acceptors (Lipinski definition) is 5. The van der Waals surface area contributed by atoms with Gasteiger partial charge in [-0.25, -0.2) is 0 Å². The van der Waals surface area contributed by atoms with Gasteiger partial charge in [0.15, 0.2) is 0 Å². The number of ether oxygens (including phenoxy) is 1. The van der Waals surface area contributed by atoms with Gasteiger partial charge in [0.1, 0.15) is 12.4 Å². The lowest BCUT2D eigenvalue weighted by Gasteiger charge is -2.22. The summed E-state index contributed by atoms with van der Waals surface area (Å²) < 4.78 is 6.20. The Morgan fingerprint density at radius 2 is 1.63 bits per heavy atom. The molecule has 0 atom stereocenters. The Bertz CT molecular complexity index is 1390. The Balaban J connectivity index is 1.64. The van der Waals surface area contributed by atoms with Crippen molar-refractivity contribution < 1.29 is 14.3 Å². The Hall–Kier alpha value is -2.35. The van der Waals surface area contributed by atoms with Gasteiger partial charge in [-0.1, -0.05) is 58.5 Å². The molecule has 1 fully saturated rings. The van der Waals surface area contributed by atoms with Crippen LogP contribution in [0.25, 0.3) is 6.08 Å². The van der Waals surface area contributed by atoms with Crippen molar-refractivity contribution in [3.8, 4) is 5.75 Å². The Morgan fingerprint density at radius 3 is 2.29 bits per heavy atom. The molecule has 4 rings (SSSR count). The van der Waals surface area contributed by atoms with E-state index in [1.807, 2.05) is 24.3 Å². The molecular weight excluding hydrogens is 586 g/mol. The van der Waals surface area contributed by atoms with Crippen LogP contribution >= 0.6 is 58.2 Å². The molecule has 0 saturated carbocycles. The second-order valence-electron chi connectivity index (χ2n) is 8.39. The molecule has 1 saturated heterocycles. The van der Waals surface area contributed by atoms with Crippen molar-refractivity contribution in [3.63, 3.8) is 0 Å². The molecule has 0 unspecified atom stereocenters. The van der Waals surface area contributed by atoms with Crippen LogP contribution in [0, 0.1) is 0 Å². The quantitative estimate of drug-likeness (QED) is 0.227. The Morgan fingerprint density at radius 1 is 0.921 bits per heavy atom. The van der Waals surface area contributed by atoms with Crippen LogP contribution in [0.2, 0.25) is 20.1 Å². The average Bonchev–Trinajstić information content (AvgIpc) is 3.14. The van der Waals surface area contributed by atoms with E-state index >= 15 is 0 Å². The van der Waals surface area contributed by atoms with Crippen LogP contribution in [0.15, 0.2) is 59.5 Å². The lowest BCUT2D eigenvalue weighted by atomic mass is 10.1. The maximum atomic E-state index is 13.2. The third-order valence-corrected chi connectivity index (χ3v) is 8.26. The highest BCUT2D eigenvalue weighted by atomic mass is 35.5. The van der Waals surface area contributed by atoms with Gasteiger partial charge in [-0.2, -0.15) is 0 Å². The normalized spacial score (nSPS) is 14.5. The predicted octanol–water partition coefficient (Wildman–Crippen LogP) is 8.96. The molecule has 0 radical (unpaired) electrons. The van der Waals surface area contributed by atoms with Crippen LogP contribution in [0.1, 0.15) is 30.5 Å². The van der Waals surface area contributed by atoms with E-state index in [-0.39, 0.29) is 18.1 Å². The summed E-state index contributed by atoms with van der Waals surface area (Å²) in [4.78, 5) is 29.6. The highest BCUT2D eigenvalue weighted by Crippen LogP contribution is 2.38. The highest BCUT2D eigenvalue weighted by molar-refractivity contribution is 8.18. The molecule has 38 heavy (non-hydrogen) atoms. The maximum absolute atomic E-state index is 13.2. The largest absolute Gasteiger partial charge is 0.488 e. The third-order valence-electron chi connectivity index (χ3n) is 6.06. The zero-order valence-electron chi connectivity index (χ0n) is 20.6. The second-order valence-corrected chi connectivity index (χ2v) is 11.0. The molecule has 0 aliphatic carbocycles. The van der Waals surface area contributed by atoms with Gasteiger partial charge >= 0.3 is 0 Å². The number of amides is 2. The molecule has 1 aliphatic heterocycles. The van der Waals surface area contributed by atoms with Gasteiger partial charge in [-0.3, -0.25) is 14.5 Å². The molecule has 0 N–H and O–H groups in total. The summed E-state index contributed by atoms with van der Waals surface area (Å²) >= 11 is 25.8. The van der Waals surface area contributed by atoms with E-state index < -0.39 is 11.1 Å². The van der Waals surface area contributed by atoms with Crippen LogP contribution in [0.4, 0.5) is 10.5 Å². The molecule has 0 aromatic heterocycles. The zero-order chi connectivity index (χ0) is 27.4. The van der Waals surface area contributed by atoms with Gasteiger partial charge in [-0.15, -0.1) is 0 Å². The van der Waals surface area contributed by atoms with Gasteiger partial charge in [0, 0.05) is 61.6 Å². The van der Waals surface area contributed by atoms with Gasteiger partial charge in [0.25, 0.3) is 11.1 Å². The van der Waals surface area contributed by atoms with E-state index in [0.29, 0.717) is 37.0 Å². The minimum absolute atomic E-state index is 0.0141. The first-order valence-electron chi connectivity index (χ1n) is 11.9. The number of rotatable bonds is 9. The molecule has 3 aromatic carbocycles. The Kier molecular flexibility index (Phi) is 9.55. The molecule has 1 aliphatic rings. The van der Waals surface area contributed by atoms with E-state index in [1.54, 1.807) is 36.4 Å². The molecule has 0 spiro atoms. The highest BCUT2D eigenvalue weighted by Gasteiger charge is 2.36. The fourth-order valence-corrected chi connectivity index (χ4v) is 5.78. The summed E-state index contributed by atoms with van der Waals surface area (Å²) in [5.41, 5.74) is 2.93. The number of halogens is 4. The number of nitrogens with zero attached hydrogens (tertiary/aromatic N) is 2. The van der Waals surface area contributed by atoms with Crippen LogP contribution < -0.4 is 9.64 Å². The molecule has 198 valence electrons.